The summed E-state index contributed by atoms with van der Waals surface area (Å²) in [5.41, 5.74) is 6.17. The van der Waals surface area contributed by atoms with Gasteiger partial charge in [0.05, 0.1) is 0 Å². The van der Waals surface area contributed by atoms with Crippen LogP contribution in [0.3, 0.4) is 0 Å². The molecule has 5 nitrogen and oxygen atoms in total. The molecule has 0 bridgehead atoms. The number of rotatable bonds is 6. The Morgan fingerprint density at radius 1 is 1.55 bits per heavy atom. The second kappa shape index (κ2) is 5.60. The van der Waals surface area contributed by atoms with Crippen molar-refractivity contribution in [2.75, 3.05) is 30.8 Å². The minimum atomic E-state index is -0.0947. The third-order valence-electron chi connectivity index (χ3n) is 4.37. The van der Waals surface area contributed by atoms with E-state index < -0.39 is 0 Å². The number of nitrogens with two attached hydrogens (primary N) is 1. The molecule has 112 valence electrons. The van der Waals surface area contributed by atoms with Crippen LogP contribution in [-0.2, 0) is 0 Å². The first-order valence-electron chi connectivity index (χ1n) is 7.15. The van der Waals surface area contributed by atoms with Crippen LogP contribution in [0.4, 0.5) is 10.9 Å². The largest absolute Gasteiger partial charge is 0.382 e. The van der Waals surface area contributed by atoms with Crippen LogP contribution in [0.25, 0.3) is 0 Å². The Kier molecular flexibility index (Phi) is 4.22. The number of nitrogens with one attached hydrogen (secondary N) is 1. The first-order valence-corrected chi connectivity index (χ1v) is 7.97. The highest BCUT2D eigenvalue weighted by Crippen LogP contribution is 2.51. The average molecular weight is 296 g/mol. The zero-order valence-electron chi connectivity index (χ0n) is 12.7. The van der Waals surface area contributed by atoms with E-state index >= 15 is 0 Å². The molecule has 0 aromatic carbocycles. The van der Waals surface area contributed by atoms with Gasteiger partial charge in [0.25, 0.3) is 5.91 Å². The second-order valence-electron chi connectivity index (χ2n) is 5.92. The van der Waals surface area contributed by atoms with Crippen LogP contribution >= 0.6 is 11.3 Å². The van der Waals surface area contributed by atoms with E-state index in [1.54, 1.807) is 0 Å². The van der Waals surface area contributed by atoms with Gasteiger partial charge in [-0.3, -0.25) is 4.79 Å². The maximum atomic E-state index is 12.2. The predicted octanol–water partition coefficient (Wildman–Crippen LogP) is 2.35. The summed E-state index contributed by atoms with van der Waals surface area (Å²) in [6, 6.07) is 0. The topological polar surface area (TPSA) is 71.2 Å². The first kappa shape index (κ1) is 15.1. The molecule has 1 aliphatic rings. The molecule has 1 aliphatic carbocycles. The molecule has 20 heavy (non-hydrogen) atoms. The molecular weight excluding hydrogens is 272 g/mol. The van der Waals surface area contributed by atoms with Crippen molar-refractivity contribution < 1.29 is 4.79 Å². The first-order chi connectivity index (χ1) is 9.39. The van der Waals surface area contributed by atoms with Crippen molar-refractivity contribution in [2.45, 2.75) is 33.6 Å². The summed E-state index contributed by atoms with van der Waals surface area (Å²) in [5.74, 6) is 0.836. The molecular formula is C14H24N4OS. The lowest BCUT2D eigenvalue weighted by Gasteiger charge is -2.19. The van der Waals surface area contributed by atoms with Gasteiger partial charge in [-0.25, -0.2) is 4.98 Å². The van der Waals surface area contributed by atoms with Gasteiger partial charge in [0.2, 0.25) is 0 Å². The summed E-state index contributed by atoms with van der Waals surface area (Å²) < 4.78 is 0. The minimum Gasteiger partial charge on any atom is -0.382 e. The van der Waals surface area contributed by atoms with E-state index in [9.17, 15) is 4.79 Å². The van der Waals surface area contributed by atoms with Gasteiger partial charge in [-0.2, -0.15) is 0 Å². The lowest BCUT2D eigenvalue weighted by Crippen LogP contribution is -2.32. The molecule has 0 atom stereocenters. The quantitative estimate of drug-likeness (QED) is 0.845. The van der Waals surface area contributed by atoms with Gasteiger partial charge < -0.3 is 16.0 Å². The normalized spacial score (nSPS) is 16.2. The van der Waals surface area contributed by atoms with Crippen LogP contribution in [0.15, 0.2) is 0 Å². The number of carbonyl (C=O) groups is 1. The van der Waals surface area contributed by atoms with Crippen molar-refractivity contribution >= 4 is 28.2 Å². The summed E-state index contributed by atoms with van der Waals surface area (Å²) in [4.78, 5) is 19.0. The number of aromatic nitrogens is 1. The summed E-state index contributed by atoms with van der Waals surface area (Å²) in [6.45, 7) is 8.05. The number of nitrogen functional groups attached to an aromatic ring is 1. The standard InChI is InChI=1S/C14H24N4OS/c1-5-18(4)13-17-11(15)10(20-13)12(19)16-8-14(6-7-14)9(2)3/h9H,5-8,15H2,1-4H3,(H,16,19). The van der Waals surface area contributed by atoms with Crippen LogP contribution < -0.4 is 16.0 Å². The smallest absolute Gasteiger partial charge is 0.265 e. The number of amides is 1. The number of hydrogen-bond donors (Lipinski definition) is 2. The summed E-state index contributed by atoms with van der Waals surface area (Å²) in [7, 11) is 1.94. The highest BCUT2D eigenvalue weighted by molar-refractivity contribution is 7.18. The predicted molar refractivity (Wildman–Crippen MR) is 84.3 cm³/mol. The van der Waals surface area contributed by atoms with Crippen LogP contribution in [0, 0.1) is 11.3 Å². The highest BCUT2D eigenvalue weighted by atomic mass is 32.1. The molecule has 1 fully saturated rings. The zero-order chi connectivity index (χ0) is 14.9. The van der Waals surface area contributed by atoms with Crippen molar-refractivity contribution in [1.82, 2.24) is 10.3 Å². The van der Waals surface area contributed by atoms with Crippen molar-refractivity contribution in [2.24, 2.45) is 11.3 Å². The Bertz CT molecular complexity index is 493. The zero-order valence-corrected chi connectivity index (χ0v) is 13.5. The maximum absolute atomic E-state index is 12.2. The Morgan fingerprint density at radius 3 is 2.70 bits per heavy atom. The molecule has 0 aliphatic heterocycles. The Labute approximate surface area is 124 Å². The van der Waals surface area contributed by atoms with Crippen LogP contribution in [0.2, 0.25) is 0 Å². The number of anilines is 2. The Balaban J connectivity index is 2.01. The van der Waals surface area contributed by atoms with Crippen LogP contribution in [-0.4, -0.2) is 31.0 Å². The third kappa shape index (κ3) is 2.90. The molecule has 1 heterocycles. The lowest BCUT2D eigenvalue weighted by atomic mass is 9.92. The number of carbonyl (C=O) groups excluding carboxylic acids is 1. The minimum absolute atomic E-state index is 0.0947. The van der Waals surface area contributed by atoms with Gasteiger partial charge in [-0.1, -0.05) is 25.2 Å². The molecule has 0 spiro atoms. The SMILES string of the molecule is CCN(C)c1nc(N)c(C(=O)NCC2(C(C)C)CC2)s1. The summed E-state index contributed by atoms with van der Waals surface area (Å²) >= 11 is 1.36. The Morgan fingerprint density at radius 2 is 2.20 bits per heavy atom. The van der Waals surface area contributed by atoms with Gasteiger partial charge in [0.1, 0.15) is 10.7 Å². The Hall–Kier alpha value is -1.30. The highest BCUT2D eigenvalue weighted by Gasteiger charge is 2.45. The lowest BCUT2D eigenvalue weighted by molar-refractivity contribution is 0.0944. The van der Waals surface area contributed by atoms with Gasteiger partial charge in [-0.15, -0.1) is 0 Å². The number of thiazole rings is 1. The van der Waals surface area contributed by atoms with Gasteiger partial charge in [0.15, 0.2) is 5.13 Å². The van der Waals surface area contributed by atoms with E-state index in [1.807, 2.05) is 18.9 Å². The maximum Gasteiger partial charge on any atom is 0.265 e. The molecule has 2 rings (SSSR count). The van der Waals surface area contributed by atoms with Gasteiger partial charge in [-0.05, 0) is 31.1 Å². The number of hydrogen-bond acceptors (Lipinski definition) is 5. The third-order valence-corrected chi connectivity index (χ3v) is 5.55. The molecule has 3 N–H and O–H groups in total. The number of nitrogens with zero attached hydrogens (tertiary/aromatic N) is 2. The van der Waals surface area contributed by atoms with Gasteiger partial charge >= 0.3 is 0 Å². The molecule has 0 radical (unpaired) electrons. The van der Waals surface area contributed by atoms with E-state index in [0.29, 0.717) is 22.0 Å². The van der Waals surface area contributed by atoms with Crippen LogP contribution in [0.1, 0.15) is 43.3 Å². The molecule has 1 aromatic rings. The molecule has 1 amide bonds. The van der Waals surface area contributed by atoms with Crippen LogP contribution in [0.5, 0.6) is 0 Å². The van der Waals surface area contributed by atoms with E-state index in [0.717, 1.165) is 18.2 Å². The van der Waals surface area contributed by atoms with Gasteiger partial charge in [0, 0.05) is 20.1 Å². The molecule has 0 unspecified atom stereocenters. The molecule has 1 aromatic heterocycles. The van der Waals surface area contributed by atoms with Crippen molar-refractivity contribution in [3.05, 3.63) is 4.88 Å². The van der Waals surface area contributed by atoms with Crippen molar-refractivity contribution in [1.29, 1.82) is 0 Å². The molecule has 6 heteroatoms. The van der Waals surface area contributed by atoms with E-state index in [4.69, 9.17) is 5.73 Å². The summed E-state index contributed by atoms with van der Waals surface area (Å²) in [6.07, 6.45) is 2.40. The average Bonchev–Trinajstić information content (AvgIpc) is 3.12. The monoisotopic (exact) mass is 296 g/mol. The van der Waals surface area contributed by atoms with E-state index in [1.165, 1.54) is 24.2 Å². The van der Waals surface area contributed by atoms with Crippen molar-refractivity contribution in [3.63, 3.8) is 0 Å². The fraction of sp³-hybridized carbons (Fsp3) is 0.714. The fourth-order valence-corrected chi connectivity index (χ4v) is 3.16. The van der Waals surface area contributed by atoms with E-state index in [2.05, 4.69) is 24.1 Å². The summed E-state index contributed by atoms with van der Waals surface area (Å²) in [5, 5.41) is 3.82. The molecule has 0 saturated heterocycles. The molecule has 1 saturated carbocycles. The van der Waals surface area contributed by atoms with E-state index in [-0.39, 0.29) is 5.91 Å². The second-order valence-corrected chi connectivity index (χ2v) is 6.90. The van der Waals surface area contributed by atoms with Crippen molar-refractivity contribution in [3.8, 4) is 0 Å². The fourth-order valence-electron chi connectivity index (χ4n) is 2.24.